The maximum atomic E-state index is 13.3. The number of carbonyl (C=O) groups excluding carboxylic acids is 1. The molecule has 1 unspecified atom stereocenters. The number of nitrogens with zero attached hydrogens (tertiary/aromatic N) is 2. The van der Waals surface area contributed by atoms with E-state index in [1.807, 2.05) is 19.1 Å². The topological polar surface area (TPSA) is 113 Å². The number of rotatable bonds is 5. The van der Waals surface area contributed by atoms with Crippen LogP contribution in [-0.4, -0.2) is 22.4 Å². The lowest BCUT2D eigenvalue weighted by molar-refractivity contribution is -0.387. The predicted octanol–water partition coefficient (Wildman–Crippen LogP) is 3.93. The van der Waals surface area contributed by atoms with Crippen molar-refractivity contribution in [1.82, 2.24) is 0 Å². The quantitative estimate of drug-likeness (QED) is 0.297. The highest BCUT2D eigenvalue weighted by molar-refractivity contribution is 7.91. The van der Waals surface area contributed by atoms with Crippen molar-refractivity contribution in [2.45, 2.75) is 16.7 Å². The molecule has 0 saturated heterocycles. The van der Waals surface area contributed by atoms with E-state index in [1.165, 1.54) is 29.2 Å². The molecule has 0 aliphatic rings. The number of amides is 1. The zero-order valence-corrected chi connectivity index (χ0v) is 16.7. The Balaban J connectivity index is 2.14. The number of carbonyl (C=O) groups is 1. The van der Waals surface area contributed by atoms with Crippen LogP contribution in [0.2, 0.25) is 0 Å². The summed E-state index contributed by atoms with van der Waals surface area (Å²) in [5, 5.41) is 11.6. The first-order chi connectivity index (χ1) is 13.8. The Labute approximate surface area is 171 Å². The Morgan fingerprint density at radius 3 is 2.41 bits per heavy atom. The van der Waals surface area contributed by atoms with Gasteiger partial charge in [-0.2, -0.15) is 0 Å². The van der Waals surface area contributed by atoms with Crippen molar-refractivity contribution >= 4 is 34.1 Å². The molecule has 0 spiro atoms. The molecule has 0 bridgehead atoms. The van der Waals surface area contributed by atoms with Crippen LogP contribution in [0.1, 0.15) is 15.9 Å². The molecule has 0 aromatic heterocycles. The van der Waals surface area contributed by atoms with Crippen LogP contribution < -0.4 is 10.6 Å². The number of nitro groups is 1. The van der Waals surface area contributed by atoms with E-state index in [-0.39, 0.29) is 21.0 Å². The Hall–Kier alpha value is -3.36. The summed E-state index contributed by atoms with van der Waals surface area (Å²) in [5.74, 6) is -0.491. The second-order valence-corrected chi connectivity index (χ2v) is 7.82. The third-order valence-corrected chi connectivity index (χ3v) is 5.94. The van der Waals surface area contributed by atoms with Gasteiger partial charge in [-0.15, -0.1) is 0 Å². The SMILES string of the molecule is Cc1ccccc1N(C)C(=O)c1cccc([N+](=O)[O-])c1[S+]([O-])c1cccc(N)c1. The summed E-state index contributed by atoms with van der Waals surface area (Å²) in [6.07, 6.45) is 0. The van der Waals surface area contributed by atoms with Gasteiger partial charge in [0.25, 0.3) is 5.91 Å². The lowest BCUT2D eigenvalue weighted by atomic mass is 10.1. The van der Waals surface area contributed by atoms with Gasteiger partial charge in [-0.05, 0) is 36.8 Å². The van der Waals surface area contributed by atoms with Gasteiger partial charge in [0.05, 0.1) is 4.92 Å². The number of nitrogens with two attached hydrogens (primary N) is 1. The van der Waals surface area contributed by atoms with Crippen LogP contribution in [0, 0.1) is 17.0 Å². The highest BCUT2D eigenvalue weighted by Gasteiger charge is 2.34. The molecule has 148 valence electrons. The van der Waals surface area contributed by atoms with Gasteiger partial charge in [0.1, 0.15) is 5.56 Å². The number of hydrogen-bond donors (Lipinski definition) is 1. The van der Waals surface area contributed by atoms with Crippen LogP contribution in [0.15, 0.2) is 76.5 Å². The van der Waals surface area contributed by atoms with Gasteiger partial charge < -0.3 is 15.2 Å². The van der Waals surface area contributed by atoms with Crippen molar-refractivity contribution < 1.29 is 14.3 Å². The molecule has 0 saturated carbocycles. The fraction of sp³-hybridized carbons (Fsp3) is 0.0952. The Morgan fingerprint density at radius 2 is 1.76 bits per heavy atom. The van der Waals surface area contributed by atoms with Crippen molar-refractivity contribution in [2.75, 3.05) is 17.7 Å². The molecule has 0 aliphatic carbocycles. The highest BCUT2D eigenvalue weighted by Crippen LogP contribution is 2.34. The molecule has 1 amide bonds. The standard InChI is InChI=1S/C21H19N3O4S/c1-14-7-3-4-11-18(14)23(2)21(25)17-10-6-12-19(24(26)27)20(17)29(28)16-9-5-8-15(22)13-16/h3-13H,22H2,1-2H3. The van der Waals surface area contributed by atoms with E-state index in [1.54, 1.807) is 37.4 Å². The van der Waals surface area contributed by atoms with Crippen LogP contribution in [0.4, 0.5) is 17.1 Å². The van der Waals surface area contributed by atoms with Crippen LogP contribution in [0.5, 0.6) is 0 Å². The molecule has 3 rings (SSSR count). The van der Waals surface area contributed by atoms with Gasteiger partial charge >= 0.3 is 5.69 Å². The minimum Gasteiger partial charge on any atom is -0.606 e. The zero-order chi connectivity index (χ0) is 21.1. The lowest BCUT2D eigenvalue weighted by Gasteiger charge is -2.21. The van der Waals surface area contributed by atoms with Crippen LogP contribution in [0.25, 0.3) is 0 Å². The van der Waals surface area contributed by atoms with Crippen molar-refractivity contribution in [3.8, 4) is 0 Å². The van der Waals surface area contributed by atoms with Gasteiger partial charge in [0.2, 0.25) is 4.90 Å². The maximum absolute atomic E-state index is 13.3. The Kier molecular flexibility index (Phi) is 5.86. The first kappa shape index (κ1) is 20.4. The minimum atomic E-state index is -1.97. The average molecular weight is 409 g/mol. The van der Waals surface area contributed by atoms with Crippen molar-refractivity contribution in [3.63, 3.8) is 0 Å². The van der Waals surface area contributed by atoms with Crippen molar-refractivity contribution in [2.24, 2.45) is 0 Å². The number of benzene rings is 3. The molecular weight excluding hydrogens is 390 g/mol. The number of anilines is 2. The summed E-state index contributed by atoms with van der Waals surface area (Å²) in [6, 6.07) is 17.7. The third kappa shape index (κ3) is 4.08. The smallest absolute Gasteiger partial charge is 0.325 e. The van der Waals surface area contributed by atoms with Crippen molar-refractivity contribution in [3.05, 3.63) is 88.0 Å². The fourth-order valence-electron chi connectivity index (χ4n) is 3.01. The molecule has 0 aliphatic heterocycles. The van der Waals surface area contributed by atoms with E-state index in [0.29, 0.717) is 11.4 Å². The number of nitro benzene ring substituents is 1. The molecular formula is C21H19N3O4S. The summed E-state index contributed by atoms with van der Waals surface area (Å²) >= 11 is -1.97. The van der Waals surface area contributed by atoms with E-state index >= 15 is 0 Å². The molecule has 7 nitrogen and oxygen atoms in total. The number of hydrogen-bond acceptors (Lipinski definition) is 5. The predicted molar refractivity (Wildman–Crippen MR) is 113 cm³/mol. The summed E-state index contributed by atoms with van der Waals surface area (Å²) in [4.78, 5) is 25.8. The van der Waals surface area contributed by atoms with Crippen LogP contribution >= 0.6 is 0 Å². The van der Waals surface area contributed by atoms with E-state index in [9.17, 15) is 19.5 Å². The third-order valence-electron chi connectivity index (χ3n) is 4.46. The van der Waals surface area contributed by atoms with Gasteiger partial charge in [-0.3, -0.25) is 14.9 Å². The molecule has 3 aromatic carbocycles. The van der Waals surface area contributed by atoms with Gasteiger partial charge in [0, 0.05) is 41.7 Å². The summed E-state index contributed by atoms with van der Waals surface area (Å²) in [7, 11) is 1.58. The molecule has 8 heteroatoms. The molecule has 0 heterocycles. The number of nitrogen functional groups attached to an aromatic ring is 1. The summed E-state index contributed by atoms with van der Waals surface area (Å²) in [5.41, 5.74) is 7.29. The minimum absolute atomic E-state index is 0.00529. The second-order valence-electron chi connectivity index (χ2n) is 6.40. The number of aryl methyl sites for hydroxylation is 1. The maximum Gasteiger partial charge on any atom is 0.325 e. The Bertz CT molecular complexity index is 1090. The zero-order valence-electron chi connectivity index (χ0n) is 15.9. The summed E-state index contributed by atoms with van der Waals surface area (Å²) < 4.78 is 13.3. The van der Waals surface area contributed by atoms with E-state index < -0.39 is 22.0 Å². The summed E-state index contributed by atoms with van der Waals surface area (Å²) in [6.45, 7) is 1.86. The first-order valence-electron chi connectivity index (χ1n) is 8.69. The lowest BCUT2D eigenvalue weighted by Crippen LogP contribution is -2.28. The van der Waals surface area contributed by atoms with Crippen LogP contribution in [0.3, 0.4) is 0 Å². The molecule has 3 aromatic rings. The largest absolute Gasteiger partial charge is 0.606 e. The van der Waals surface area contributed by atoms with Crippen LogP contribution in [-0.2, 0) is 11.2 Å². The Morgan fingerprint density at radius 1 is 1.07 bits per heavy atom. The average Bonchev–Trinajstić information content (AvgIpc) is 2.72. The van der Waals surface area contributed by atoms with E-state index in [2.05, 4.69) is 0 Å². The van der Waals surface area contributed by atoms with E-state index in [4.69, 9.17) is 5.73 Å². The number of para-hydroxylation sites is 1. The molecule has 2 N–H and O–H groups in total. The van der Waals surface area contributed by atoms with E-state index in [0.717, 1.165) is 5.56 Å². The first-order valence-corrected chi connectivity index (χ1v) is 9.84. The highest BCUT2D eigenvalue weighted by atomic mass is 32.2. The molecule has 1 atom stereocenters. The monoisotopic (exact) mass is 409 g/mol. The fourth-order valence-corrected chi connectivity index (χ4v) is 4.38. The molecule has 0 radical (unpaired) electrons. The molecule has 0 fully saturated rings. The second kappa shape index (κ2) is 8.34. The van der Waals surface area contributed by atoms with Gasteiger partial charge in [0.15, 0.2) is 4.90 Å². The van der Waals surface area contributed by atoms with Gasteiger partial charge in [-0.25, -0.2) is 0 Å². The van der Waals surface area contributed by atoms with Gasteiger partial charge in [-0.1, -0.05) is 30.3 Å². The normalized spacial score (nSPS) is 11.7. The van der Waals surface area contributed by atoms with Crippen molar-refractivity contribution in [1.29, 1.82) is 0 Å². The molecule has 29 heavy (non-hydrogen) atoms.